The Bertz CT molecular complexity index is 134. The molecule has 2 nitrogen and oxygen atoms in total. The van der Waals surface area contributed by atoms with Gasteiger partial charge >= 0.3 is 0 Å². The van der Waals surface area contributed by atoms with Crippen LogP contribution in [-0.2, 0) is 23.5 Å². The summed E-state index contributed by atoms with van der Waals surface area (Å²) in [6.45, 7) is 0. The Morgan fingerprint density at radius 3 is 1.22 bits per heavy atom. The van der Waals surface area contributed by atoms with Gasteiger partial charge < -0.3 is 34.0 Å². The molecule has 0 aromatic rings. The molecule has 0 aliphatic rings. The van der Waals surface area contributed by atoms with Crippen molar-refractivity contribution in [1.29, 1.82) is 0 Å². The minimum absolute atomic E-state index is 0. The lowest BCUT2D eigenvalue weighted by atomic mass is 10.2. The maximum Gasteiger partial charge on any atom is 0.159 e. The van der Waals surface area contributed by atoms with E-state index in [1.165, 1.54) is 48.9 Å². The highest BCUT2D eigenvalue weighted by molar-refractivity contribution is 7.78. The van der Waals surface area contributed by atoms with Crippen molar-refractivity contribution >= 4 is 23.5 Å². The first kappa shape index (κ1) is 24.6. The summed E-state index contributed by atoms with van der Waals surface area (Å²) < 4.78 is 0. The van der Waals surface area contributed by atoms with Crippen molar-refractivity contribution in [2.45, 2.75) is 25.7 Å². The summed E-state index contributed by atoms with van der Waals surface area (Å²) in [4.78, 5) is 4.53. The van der Waals surface area contributed by atoms with Crippen LogP contribution in [-0.4, -0.2) is 61.2 Å². The maximum absolute atomic E-state index is 2.27. The van der Waals surface area contributed by atoms with Crippen LogP contribution in [0.3, 0.4) is 0 Å². The number of hydrogen-bond donors (Lipinski definition) is 0. The third-order valence-electron chi connectivity index (χ3n) is 2.15. The van der Waals surface area contributed by atoms with E-state index in [0.29, 0.717) is 0 Å². The van der Waals surface area contributed by atoms with Crippen LogP contribution in [0.15, 0.2) is 0 Å². The highest BCUT2D eigenvalue weighted by Crippen LogP contribution is 2.01. The molecule has 6 heteroatoms. The van der Waals surface area contributed by atoms with E-state index >= 15 is 0 Å². The zero-order valence-corrected chi connectivity index (χ0v) is 17.2. The van der Waals surface area contributed by atoms with Crippen molar-refractivity contribution in [3.63, 3.8) is 0 Å². The monoisotopic (exact) mass is 424 g/mol. The predicted octanol–water partition coefficient (Wildman–Crippen LogP) is -4.78. The molecular formula is C12H30Br2N2S2. The van der Waals surface area contributed by atoms with Gasteiger partial charge in [0.15, 0.2) is 11.8 Å². The molecule has 0 heterocycles. The molecule has 0 aliphatic heterocycles. The Kier molecular flexibility index (Phi) is 25.4. The molecule has 0 fully saturated rings. The Hall–Kier alpha value is 1.58. The largest absolute Gasteiger partial charge is 1.00 e. The van der Waals surface area contributed by atoms with Gasteiger partial charge in [-0.1, -0.05) is 0 Å². The van der Waals surface area contributed by atoms with Crippen LogP contribution in [0, 0.1) is 0 Å². The molecule has 114 valence electrons. The predicted molar refractivity (Wildman–Crippen MR) is 82.8 cm³/mol. The van der Waals surface area contributed by atoms with Crippen LogP contribution in [0.5, 0.6) is 0 Å². The van der Waals surface area contributed by atoms with Gasteiger partial charge in [-0.15, -0.1) is 0 Å². The van der Waals surface area contributed by atoms with Crippen LogP contribution in [0.2, 0.25) is 0 Å². The topological polar surface area (TPSA) is 6.48 Å². The standard InChI is InChI=1S/C12H28N2S2.2BrH/c1-13(2)11-15-9-7-5-6-8-10-16-12-14(3)4;;/h5-12H2,1-4H3;2*1H. The van der Waals surface area contributed by atoms with E-state index in [-0.39, 0.29) is 34.0 Å². The van der Waals surface area contributed by atoms with Crippen molar-refractivity contribution in [3.05, 3.63) is 0 Å². The Morgan fingerprint density at radius 2 is 0.944 bits per heavy atom. The molecule has 0 saturated carbocycles. The van der Waals surface area contributed by atoms with Gasteiger partial charge in [0.1, 0.15) is 11.5 Å². The Balaban J connectivity index is -0.00000112. The molecule has 18 heavy (non-hydrogen) atoms. The van der Waals surface area contributed by atoms with Crippen LogP contribution >= 0.6 is 0 Å². The fourth-order valence-corrected chi connectivity index (χ4v) is 3.32. The average molecular weight is 426 g/mol. The molecule has 0 saturated heterocycles. The molecule has 0 radical (unpaired) electrons. The summed E-state index contributed by atoms with van der Waals surface area (Å²) in [5.74, 6) is 5.21. The number of nitrogens with zero attached hydrogens (tertiary/aromatic N) is 2. The SMILES string of the molecule is CN(C)C[SH+]CCCCCC[SH+]CN(C)C.[Br-].[Br-]. The van der Waals surface area contributed by atoms with E-state index in [2.05, 4.69) is 38.0 Å². The van der Waals surface area contributed by atoms with E-state index in [9.17, 15) is 0 Å². The van der Waals surface area contributed by atoms with Gasteiger partial charge in [-0.05, 0) is 77.4 Å². The fourth-order valence-electron chi connectivity index (χ4n) is 1.34. The second kappa shape index (κ2) is 18.6. The minimum Gasteiger partial charge on any atom is -1.00 e. The Morgan fingerprint density at radius 1 is 0.611 bits per heavy atom. The van der Waals surface area contributed by atoms with Crippen molar-refractivity contribution in [2.24, 2.45) is 0 Å². The second-order valence-corrected chi connectivity index (χ2v) is 7.11. The molecule has 0 aliphatic carbocycles. The van der Waals surface area contributed by atoms with E-state index in [0.717, 1.165) is 0 Å². The first-order valence-corrected chi connectivity index (χ1v) is 8.72. The molecular weight excluding hydrogens is 396 g/mol. The molecule has 0 spiro atoms. The van der Waals surface area contributed by atoms with Gasteiger partial charge in [0.05, 0.1) is 0 Å². The average Bonchev–Trinajstić information content (AvgIpc) is 2.20. The highest BCUT2D eigenvalue weighted by Gasteiger charge is 2.01. The van der Waals surface area contributed by atoms with E-state index in [4.69, 9.17) is 0 Å². The zero-order valence-electron chi connectivity index (χ0n) is 12.2. The minimum atomic E-state index is 0. The van der Waals surface area contributed by atoms with Gasteiger partial charge in [-0.3, -0.25) is 9.80 Å². The van der Waals surface area contributed by atoms with Gasteiger partial charge in [0.25, 0.3) is 0 Å². The quantitative estimate of drug-likeness (QED) is 0.186. The summed E-state index contributed by atoms with van der Waals surface area (Å²) in [6.07, 6.45) is 5.69. The number of halogens is 2. The van der Waals surface area contributed by atoms with Crippen LogP contribution in [0.25, 0.3) is 0 Å². The summed E-state index contributed by atoms with van der Waals surface area (Å²) in [5, 5.41) is 0. The van der Waals surface area contributed by atoms with E-state index in [1.807, 2.05) is 0 Å². The third-order valence-corrected chi connectivity index (χ3v) is 4.94. The van der Waals surface area contributed by atoms with Crippen molar-refractivity contribution in [2.75, 3.05) is 51.4 Å². The summed E-state index contributed by atoms with van der Waals surface area (Å²) >= 11 is 3.19. The smallest absolute Gasteiger partial charge is 0.159 e. The van der Waals surface area contributed by atoms with E-state index in [1.54, 1.807) is 23.5 Å². The molecule has 0 aromatic carbocycles. The highest BCUT2D eigenvalue weighted by atomic mass is 79.9. The first-order valence-electron chi connectivity index (χ1n) is 6.19. The molecule has 0 aromatic heterocycles. The van der Waals surface area contributed by atoms with Crippen molar-refractivity contribution in [3.8, 4) is 0 Å². The summed E-state index contributed by atoms with van der Waals surface area (Å²) in [6, 6.07) is 0. The third kappa shape index (κ3) is 22.7. The molecule has 0 atom stereocenters. The molecule has 0 bridgehead atoms. The lowest BCUT2D eigenvalue weighted by Crippen LogP contribution is -3.00. The van der Waals surface area contributed by atoms with Gasteiger partial charge in [0, 0.05) is 0 Å². The first-order chi connectivity index (χ1) is 7.63. The van der Waals surface area contributed by atoms with Gasteiger partial charge in [-0.25, -0.2) is 0 Å². The normalized spacial score (nSPS) is 10.3. The van der Waals surface area contributed by atoms with Crippen molar-refractivity contribution in [1.82, 2.24) is 9.80 Å². The van der Waals surface area contributed by atoms with Gasteiger partial charge in [-0.2, -0.15) is 0 Å². The van der Waals surface area contributed by atoms with Crippen LogP contribution < -0.4 is 34.0 Å². The number of hydrogen-bond acceptors (Lipinski definition) is 2. The lowest BCUT2D eigenvalue weighted by molar-refractivity contribution is -0.001000. The van der Waals surface area contributed by atoms with Crippen LogP contribution in [0.4, 0.5) is 0 Å². The fraction of sp³-hybridized carbons (Fsp3) is 1.00. The Labute approximate surface area is 144 Å². The van der Waals surface area contributed by atoms with Crippen LogP contribution in [0.1, 0.15) is 25.7 Å². The summed E-state index contributed by atoms with van der Waals surface area (Å²) in [5.41, 5.74) is 0. The molecule has 0 unspecified atom stereocenters. The molecule has 0 amide bonds. The number of rotatable bonds is 11. The number of thiol groups is 2. The lowest BCUT2D eigenvalue weighted by Gasteiger charge is -2.03. The molecule has 0 rings (SSSR count). The molecule has 0 N–H and O–H groups in total. The summed E-state index contributed by atoms with van der Waals surface area (Å²) in [7, 11) is 8.60. The van der Waals surface area contributed by atoms with E-state index < -0.39 is 0 Å². The number of unbranched alkanes of at least 4 members (excludes halogenated alkanes) is 3. The van der Waals surface area contributed by atoms with Crippen molar-refractivity contribution < 1.29 is 34.0 Å². The zero-order chi connectivity index (χ0) is 12.2. The van der Waals surface area contributed by atoms with Gasteiger partial charge in [0.2, 0.25) is 0 Å². The second-order valence-electron chi connectivity index (χ2n) is 4.75. The maximum atomic E-state index is 2.27.